The lowest BCUT2D eigenvalue weighted by atomic mass is 9.95. The summed E-state index contributed by atoms with van der Waals surface area (Å²) in [6.07, 6.45) is 3.33. The first kappa shape index (κ1) is 9.71. The Labute approximate surface area is 83.8 Å². The van der Waals surface area contributed by atoms with Crippen molar-refractivity contribution in [3.8, 4) is 0 Å². The smallest absolute Gasteiger partial charge is 0.0661 e. The third-order valence-corrected chi connectivity index (χ3v) is 2.84. The summed E-state index contributed by atoms with van der Waals surface area (Å²) in [5, 5.41) is 0. The van der Waals surface area contributed by atoms with Crippen molar-refractivity contribution in [2.45, 2.75) is 25.5 Å². The molecule has 1 fully saturated rings. The van der Waals surface area contributed by atoms with Crippen molar-refractivity contribution in [3.05, 3.63) is 24.0 Å². The predicted molar refractivity (Wildman–Crippen MR) is 54.4 cm³/mol. The van der Waals surface area contributed by atoms with E-state index in [0.29, 0.717) is 12.0 Å². The van der Waals surface area contributed by atoms with Crippen molar-refractivity contribution in [3.63, 3.8) is 0 Å². The van der Waals surface area contributed by atoms with Crippen molar-refractivity contribution >= 4 is 0 Å². The summed E-state index contributed by atoms with van der Waals surface area (Å²) in [7, 11) is 0. The van der Waals surface area contributed by atoms with Crippen LogP contribution in [0.5, 0.6) is 0 Å². The van der Waals surface area contributed by atoms with Gasteiger partial charge in [-0.1, -0.05) is 0 Å². The zero-order chi connectivity index (χ0) is 9.97. The zero-order valence-electron chi connectivity index (χ0n) is 8.36. The number of hydrogen-bond acceptors (Lipinski definition) is 3. The fourth-order valence-corrected chi connectivity index (χ4v) is 2.10. The number of rotatable bonds is 3. The molecule has 1 aromatic rings. The maximum atomic E-state index is 5.56. The summed E-state index contributed by atoms with van der Waals surface area (Å²) in [6, 6.07) is 4.21. The van der Waals surface area contributed by atoms with Gasteiger partial charge in [-0.05, 0) is 25.5 Å². The van der Waals surface area contributed by atoms with Gasteiger partial charge in [0.25, 0.3) is 0 Å². The minimum atomic E-state index is 0.176. The van der Waals surface area contributed by atoms with Gasteiger partial charge in [0.05, 0.1) is 18.8 Å². The lowest BCUT2D eigenvalue weighted by Gasteiger charge is -2.20. The van der Waals surface area contributed by atoms with E-state index in [1.807, 2.05) is 18.3 Å². The van der Waals surface area contributed by atoms with E-state index < -0.39 is 0 Å². The molecule has 0 aromatic carbocycles. The highest BCUT2D eigenvalue weighted by molar-refractivity contribution is 5.10. The molecule has 0 bridgehead atoms. The first-order valence-electron chi connectivity index (χ1n) is 5.02. The second-order valence-electron chi connectivity index (χ2n) is 3.91. The van der Waals surface area contributed by atoms with Crippen LogP contribution in [0.2, 0.25) is 0 Å². The highest BCUT2D eigenvalue weighted by Gasteiger charge is 2.30. The van der Waals surface area contributed by atoms with Crippen molar-refractivity contribution in [2.75, 3.05) is 6.61 Å². The number of nitrogens with one attached hydrogen (secondary N) is 2. The molecule has 78 valence electrons. The Balaban J connectivity index is 2.07. The molecule has 0 amide bonds. The van der Waals surface area contributed by atoms with Crippen LogP contribution in [0.3, 0.4) is 0 Å². The molecular formula is C10H17N3O. The monoisotopic (exact) mass is 195 g/mol. The Morgan fingerprint density at radius 2 is 2.57 bits per heavy atom. The molecule has 4 nitrogen and oxygen atoms in total. The first-order chi connectivity index (χ1) is 6.81. The molecule has 1 aliphatic heterocycles. The average molecular weight is 195 g/mol. The SMILES string of the molecule is CC1CC(C(NN)c2ccc[nH]2)CO1. The van der Waals surface area contributed by atoms with Crippen LogP contribution in [0.4, 0.5) is 0 Å². The van der Waals surface area contributed by atoms with Crippen LogP contribution in [0.25, 0.3) is 0 Å². The zero-order valence-corrected chi connectivity index (χ0v) is 8.36. The molecule has 0 aliphatic carbocycles. The Hall–Kier alpha value is -0.840. The molecule has 0 radical (unpaired) electrons. The molecule has 0 spiro atoms. The quantitative estimate of drug-likeness (QED) is 0.497. The molecule has 1 aliphatic rings. The van der Waals surface area contributed by atoms with Crippen LogP contribution >= 0.6 is 0 Å². The van der Waals surface area contributed by atoms with E-state index in [4.69, 9.17) is 10.6 Å². The number of hydrogen-bond donors (Lipinski definition) is 3. The summed E-state index contributed by atoms with van der Waals surface area (Å²) < 4.78 is 5.54. The Kier molecular flexibility index (Phi) is 2.86. The minimum Gasteiger partial charge on any atom is -0.378 e. The van der Waals surface area contributed by atoms with E-state index in [2.05, 4.69) is 17.3 Å². The van der Waals surface area contributed by atoms with Crippen LogP contribution in [0, 0.1) is 5.92 Å². The van der Waals surface area contributed by atoms with Gasteiger partial charge in [-0.3, -0.25) is 11.3 Å². The van der Waals surface area contributed by atoms with Crippen LogP contribution in [0.15, 0.2) is 18.3 Å². The predicted octanol–water partition coefficient (Wildman–Crippen LogP) is 0.944. The third-order valence-electron chi connectivity index (χ3n) is 2.84. The van der Waals surface area contributed by atoms with Crippen LogP contribution in [0.1, 0.15) is 25.1 Å². The molecule has 2 rings (SSSR count). The second kappa shape index (κ2) is 4.13. The molecule has 14 heavy (non-hydrogen) atoms. The number of aromatic nitrogens is 1. The Bertz CT molecular complexity index is 273. The molecule has 4 heteroatoms. The minimum absolute atomic E-state index is 0.176. The molecular weight excluding hydrogens is 178 g/mol. The van der Waals surface area contributed by atoms with Crippen LogP contribution in [-0.2, 0) is 4.74 Å². The topological polar surface area (TPSA) is 63.1 Å². The van der Waals surface area contributed by atoms with E-state index in [0.717, 1.165) is 18.7 Å². The number of ether oxygens (including phenoxy) is 1. The van der Waals surface area contributed by atoms with Gasteiger partial charge in [0.2, 0.25) is 0 Å². The highest BCUT2D eigenvalue weighted by atomic mass is 16.5. The standard InChI is InChI=1S/C10H17N3O/c1-7-5-8(6-14-7)10(13-11)9-3-2-4-12-9/h2-4,7-8,10,12-13H,5-6,11H2,1H3. The Morgan fingerprint density at radius 3 is 3.07 bits per heavy atom. The van der Waals surface area contributed by atoms with Gasteiger partial charge in [-0.2, -0.15) is 0 Å². The summed E-state index contributed by atoms with van der Waals surface area (Å²) in [5.74, 6) is 6.03. The third kappa shape index (κ3) is 1.82. The van der Waals surface area contributed by atoms with Gasteiger partial charge in [-0.15, -0.1) is 0 Å². The maximum absolute atomic E-state index is 5.56. The molecule has 2 heterocycles. The van der Waals surface area contributed by atoms with E-state index in [9.17, 15) is 0 Å². The molecule has 1 aromatic heterocycles. The van der Waals surface area contributed by atoms with E-state index in [-0.39, 0.29) is 6.04 Å². The molecule has 1 saturated heterocycles. The first-order valence-corrected chi connectivity index (χ1v) is 5.02. The molecule has 0 saturated carbocycles. The Morgan fingerprint density at radius 1 is 1.71 bits per heavy atom. The number of hydrazine groups is 1. The molecule has 3 atom stereocenters. The van der Waals surface area contributed by atoms with Gasteiger partial charge in [0.15, 0.2) is 0 Å². The van der Waals surface area contributed by atoms with Gasteiger partial charge in [-0.25, -0.2) is 0 Å². The summed E-state index contributed by atoms with van der Waals surface area (Å²) in [5.41, 5.74) is 3.99. The summed E-state index contributed by atoms with van der Waals surface area (Å²) in [6.45, 7) is 2.89. The fourth-order valence-electron chi connectivity index (χ4n) is 2.10. The van der Waals surface area contributed by atoms with E-state index in [1.165, 1.54) is 0 Å². The lowest BCUT2D eigenvalue weighted by Crippen LogP contribution is -2.34. The van der Waals surface area contributed by atoms with Crippen molar-refractivity contribution in [1.29, 1.82) is 0 Å². The van der Waals surface area contributed by atoms with Crippen molar-refractivity contribution in [2.24, 2.45) is 11.8 Å². The van der Waals surface area contributed by atoms with E-state index >= 15 is 0 Å². The average Bonchev–Trinajstić information content (AvgIpc) is 2.79. The lowest BCUT2D eigenvalue weighted by molar-refractivity contribution is 0.116. The summed E-state index contributed by atoms with van der Waals surface area (Å²) in [4.78, 5) is 3.18. The number of H-pyrrole nitrogens is 1. The molecule has 4 N–H and O–H groups in total. The number of nitrogens with two attached hydrogens (primary N) is 1. The summed E-state index contributed by atoms with van der Waals surface area (Å²) >= 11 is 0. The highest BCUT2D eigenvalue weighted by Crippen LogP contribution is 2.30. The van der Waals surface area contributed by atoms with Crippen LogP contribution < -0.4 is 11.3 Å². The molecule has 3 unspecified atom stereocenters. The van der Waals surface area contributed by atoms with Gasteiger partial charge in [0, 0.05) is 17.8 Å². The van der Waals surface area contributed by atoms with E-state index in [1.54, 1.807) is 0 Å². The van der Waals surface area contributed by atoms with Gasteiger partial charge >= 0.3 is 0 Å². The van der Waals surface area contributed by atoms with Gasteiger partial charge < -0.3 is 9.72 Å². The number of aromatic amines is 1. The normalized spacial score (nSPS) is 29.3. The van der Waals surface area contributed by atoms with Crippen molar-refractivity contribution < 1.29 is 4.74 Å². The second-order valence-corrected chi connectivity index (χ2v) is 3.91. The largest absolute Gasteiger partial charge is 0.378 e. The van der Waals surface area contributed by atoms with Crippen LogP contribution in [-0.4, -0.2) is 17.7 Å². The van der Waals surface area contributed by atoms with Crippen molar-refractivity contribution in [1.82, 2.24) is 10.4 Å². The van der Waals surface area contributed by atoms with Gasteiger partial charge in [0.1, 0.15) is 0 Å². The maximum Gasteiger partial charge on any atom is 0.0661 e. The fraction of sp³-hybridized carbons (Fsp3) is 0.600.